The number of nitrogens with zero attached hydrogens (tertiary/aromatic N) is 2. The molecule has 30 heavy (non-hydrogen) atoms. The Morgan fingerprint density at radius 2 is 1.67 bits per heavy atom. The molecule has 3 aliphatic carbocycles. The summed E-state index contributed by atoms with van der Waals surface area (Å²) in [6.45, 7) is 0. The zero-order valence-corrected chi connectivity index (χ0v) is 15.9. The van der Waals surface area contributed by atoms with Gasteiger partial charge in [0.25, 0.3) is 11.8 Å². The number of carbonyl (C=O) groups excluding carboxylic acids is 2. The normalized spacial score (nSPS) is 30.1. The molecule has 2 bridgehead atoms. The van der Waals surface area contributed by atoms with Gasteiger partial charge in [0.15, 0.2) is 0 Å². The Hall–Kier alpha value is -3.48. The monoisotopic (exact) mass is 402 g/mol. The number of allylic oxidation sites excluding steroid dienone is 2. The topological polar surface area (TPSA) is 100 Å². The molecule has 4 atom stereocenters. The Bertz CT molecular complexity index is 1120. The SMILES string of the molecule is O=C(O)c1ccc(-c2ccc(/C=N\N3C(=O)[C@@H]4[C@H](C3=O)[C@@H]3C=C[C@H]4C34CC4)o2)cc1. The summed E-state index contributed by atoms with van der Waals surface area (Å²) in [5, 5.41) is 14.2. The van der Waals surface area contributed by atoms with Gasteiger partial charge in [-0.2, -0.15) is 10.1 Å². The first-order valence-electron chi connectivity index (χ1n) is 10.0. The van der Waals surface area contributed by atoms with Crippen LogP contribution in [0.3, 0.4) is 0 Å². The van der Waals surface area contributed by atoms with Crippen LogP contribution in [0.5, 0.6) is 0 Å². The molecule has 2 heterocycles. The second-order valence-electron chi connectivity index (χ2n) is 8.54. The first-order chi connectivity index (χ1) is 14.5. The third-order valence-electron chi connectivity index (χ3n) is 7.17. The summed E-state index contributed by atoms with van der Waals surface area (Å²) < 4.78 is 5.73. The van der Waals surface area contributed by atoms with Crippen LogP contribution in [0, 0.1) is 29.1 Å². The average molecular weight is 402 g/mol. The van der Waals surface area contributed by atoms with Gasteiger partial charge in [-0.25, -0.2) is 4.79 Å². The van der Waals surface area contributed by atoms with Gasteiger partial charge in [-0.05, 0) is 54.4 Å². The number of carbonyl (C=O) groups is 3. The summed E-state index contributed by atoms with van der Waals surface area (Å²) in [4.78, 5) is 36.8. The maximum absolute atomic E-state index is 12.9. The van der Waals surface area contributed by atoms with Gasteiger partial charge in [0.05, 0.1) is 23.6 Å². The van der Waals surface area contributed by atoms with Crippen LogP contribution < -0.4 is 0 Å². The molecule has 2 aromatic rings. The molecule has 7 nitrogen and oxygen atoms in total. The third kappa shape index (κ3) is 2.20. The molecule has 150 valence electrons. The molecular weight excluding hydrogens is 384 g/mol. The Balaban J connectivity index is 1.21. The molecule has 1 aromatic heterocycles. The lowest BCUT2D eigenvalue weighted by molar-refractivity contribution is -0.141. The average Bonchev–Trinajstić information content (AvgIpc) is 3.03. The molecule has 1 saturated heterocycles. The minimum Gasteiger partial charge on any atom is -0.478 e. The molecule has 1 aliphatic heterocycles. The van der Waals surface area contributed by atoms with Crippen molar-refractivity contribution in [2.75, 3.05) is 0 Å². The highest BCUT2D eigenvalue weighted by atomic mass is 16.4. The number of fused-ring (bicyclic) bond motifs is 3. The van der Waals surface area contributed by atoms with Crippen LogP contribution in [0.2, 0.25) is 0 Å². The fourth-order valence-corrected chi connectivity index (χ4v) is 5.65. The van der Waals surface area contributed by atoms with Gasteiger partial charge in [-0.15, -0.1) is 0 Å². The number of hydrogen-bond acceptors (Lipinski definition) is 5. The van der Waals surface area contributed by atoms with Gasteiger partial charge < -0.3 is 9.52 Å². The van der Waals surface area contributed by atoms with E-state index in [9.17, 15) is 14.4 Å². The predicted molar refractivity (Wildman–Crippen MR) is 105 cm³/mol. The van der Waals surface area contributed by atoms with E-state index in [-0.39, 0.29) is 46.5 Å². The fourth-order valence-electron chi connectivity index (χ4n) is 5.65. The molecule has 4 aliphatic rings. The zero-order chi connectivity index (χ0) is 20.6. The van der Waals surface area contributed by atoms with Crippen molar-refractivity contribution in [3.63, 3.8) is 0 Å². The highest BCUT2D eigenvalue weighted by Crippen LogP contribution is 2.73. The zero-order valence-electron chi connectivity index (χ0n) is 15.9. The first kappa shape index (κ1) is 17.4. The standard InChI is InChI=1S/C23H18N2O5/c26-20-18-15-6-7-16(23(15)9-10-23)19(18)21(27)25(20)24-11-14-5-8-17(30-14)12-1-3-13(4-2-12)22(28)29/h1-8,11,15-16,18-19H,9-10H2,(H,28,29)/b24-11-/t15-,16+,18+,19-. The second kappa shape index (κ2) is 5.78. The van der Waals surface area contributed by atoms with Gasteiger partial charge in [-0.1, -0.05) is 24.3 Å². The quantitative estimate of drug-likeness (QED) is 0.481. The molecule has 6 rings (SSSR count). The lowest BCUT2D eigenvalue weighted by atomic mass is 9.85. The van der Waals surface area contributed by atoms with Gasteiger partial charge in [-0.3, -0.25) is 9.59 Å². The number of furan rings is 1. The van der Waals surface area contributed by atoms with Gasteiger partial charge >= 0.3 is 5.97 Å². The van der Waals surface area contributed by atoms with E-state index >= 15 is 0 Å². The minimum absolute atomic E-state index is 0.169. The number of benzene rings is 1. The number of imide groups is 1. The number of aromatic carboxylic acids is 1. The molecule has 0 unspecified atom stereocenters. The predicted octanol–water partition coefficient (Wildman–Crippen LogP) is 3.18. The van der Waals surface area contributed by atoms with Crippen LogP contribution in [0.4, 0.5) is 0 Å². The van der Waals surface area contributed by atoms with Crippen molar-refractivity contribution in [2.24, 2.45) is 34.2 Å². The molecule has 7 heteroatoms. The number of rotatable bonds is 4. The van der Waals surface area contributed by atoms with Crippen LogP contribution in [-0.2, 0) is 9.59 Å². The van der Waals surface area contributed by atoms with Crippen LogP contribution in [0.25, 0.3) is 11.3 Å². The van der Waals surface area contributed by atoms with E-state index in [1.54, 1.807) is 24.3 Å². The highest BCUT2D eigenvalue weighted by Gasteiger charge is 2.73. The van der Waals surface area contributed by atoms with Gasteiger partial charge in [0, 0.05) is 5.56 Å². The Labute approximate surface area is 171 Å². The maximum Gasteiger partial charge on any atom is 0.335 e. The summed E-state index contributed by atoms with van der Waals surface area (Å²) in [5.74, 6) is -0.650. The number of amides is 2. The second-order valence-corrected chi connectivity index (χ2v) is 8.54. The summed E-state index contributed by atoms with van der Waals surface area (Å²) in [7, 11) is 0. The van der Waals surface area contributed by atoms with E-state index in [4.69, 9.17) is 9.52 Å². The van der Waals surface area contributed by atoms with Crippen molar-refractivity contribution in [2.45, 2.75) is 12.8 Å². The lowest BCUT2D eigenvalue weighted by Crippen LogP contribution is -2.30. The highest BCUT2D eigenvalue weighted by molar-refractivity contribution is 6.07. The smallest absolute Gasteiger partial charge is 0.335 e. The molecule has 2 saturated carbocycles. The summed E-state index contributed by atoms with van der Waals surface area (Å²) in [6.07, 6.45) is 7.86. The van der Waals surface area contributed by atoms with Crippen LogP contribution >= 0.6 is 0 Å². The van der Waals surface area contributed by atoms with Crippen molar-refractivity contribution >= 4 is 24.0 Å². The molecule has 3 fully saturated rings. The Morgan fingerprint density at radius 1 is 1.03 bits per heavy atom. The van der Waals surface area contributed by atoms with Gasteiger partial charge in [0.1, 0.15) is 11.5 Å². The number of carboxylic acids is 1. The molecule has 2 amide bonds. The van der Waals surface area contributed by atoms with E-state index in [2.05, 4.69) is 17.3 Å². The van der Waals surface area contributed by atoms with E-state index < -0.39 is 5.97 Å². The van der Waals surface area contributed by atoms with Crippen molar-refractivity contribution in [3.05, 3.63) is 59.9 Å². The van der Waals surface area contributed by atoms with Crippen LogP contribution in [0.1, 0.15) is 29.0 Å². The lowest BCUT2D eigenvalue weighted by Gasteiger charge is -2.18. The van der Waals surface area contributed by atoms with Crippen LogP contribution in [-0.4, -0.2) is 34.1 Å². The molecule has 1 aromatic carbocycles. The number of hydrazone groups is 1. The van der Waals surface area contributed by atoms with Gasteiger partial charge in [0.2, 0.25) is 0 Å². The van der Waals surface area contributed by atoms with E-state index in [0.717, 1.165) is 23.4 Å². The van der Waals surface area contributed by atoms with Crippen LogP contribution in [0.15, 0.2) is 58.1 Å². The Kier molecular flexibility index (Phi) is 3.35. The molecule has 0 radical (unpaired) electrons. The summed E-state index contributed by atoms with van der Waals surface area (Å²) in [6, 6.07) is 9.76. The van der Waals surface area contributed by atoms with Crippen molar-refractivity contribution in [1.29, 1.82) is 0 Å². The molecule has 1 N–H and O–H groups in total. The van der Waals surface area contributed by atoms with E-state index in [1.807, 2.05) is 0 Å². The van der Waals surface area contributed by atoms with E-state index in [0.29, 0.717) is 11.5 Å². The van der Waals surface area contributed by atoms with Crippen molar-refractivity contribution < 1.29 is 23.9 Å². The number of hydrogen-bond donors (Lipinski definition) is 1. The maximum atomic E-state index is 12.9. The van der Waals surface area contributed by atoms with Crippen molar-refractivity contribution in [1.82, 2.24) is 5.01 Å². The summed E-state index contributed by atoms with van der Waals surface area (Å²) in [5.41, 5.74) is 1.09. The minimum atomic E-state index is -0.991. The van der Waals surface area contributed by atoms with Crippen molar-refractivity contribution in [3.8, 4) is 11.3 Å². The third-order valence-corrected chi connectivity index (χ3v) is 7.17. The Morgan fingerprint density at radius 3 is 2.23 bits per heavy atom. The molecular formula is C23H18N2O5. The fraction of sp³-hybridized carbons (Fsp3) is 0.304. The first-order valence-corrected chi connectivity index (χ1v) is 10.0. The number of carboxylic acid groups (broad SMARTS) is 1. The summed E-state index contributed by atoms with van der Waals surface area (Å²) >= 11 is 0. The van der Waals surface area contributed by atoms with E-state index in [1.165, 1.54) is 18.3 Å². The molecule has 1 spiro atoms. The largest absolute Gasteiger partial charge is 0.478 e.